The van der Waals surface area contributed by atoms with Crippen molar-refractivity contribution in [1.29, 1.82) is 5.41 Å². The van der Waals surface area contributed by atoms with E-state index < -0.39 is 0 Å². The van der Waals surface area contributed by atoms with Crippen LogP contribution in [-0.4, -0.2) is 29.8 Å². The van der Waals surface area contributed by atoms with Crippen molar-refractivity contribution in [3.63, 3.8) is 0 Å². The van der Waals surface area contributed by atoms with Crippen molar-refractivity contribution in [2.45, 2.75) is 0 Å². The standard InChI is InChI=1S/C7H11N3/c1-10(2)7(8)6-4-3-5-9-6/h3-5,8-9H,1-2H3. The highest BCUT2D eigenvalue weighted by Crippen LogP contribution is 1.96. The SMILES string of the molecule is CN(C)C(=N)c1ccc[nH]1. The first kappa shape index (κ1) is 6.86. The second-order valence-corrected chi connectivity index (χ2v) is 2.33. The molecule has 3 nitrogen and oxygen atoms in total. The van der Waals surface area contributed by atoms with Crippen LogP contribution in [0.25, 0.3) is 0 Å². The summed E-state index contributed by atoms with van der Waals surface area (Å²) >= 11 is 0. The zero-order valence-electron chi connectivity index (χ0n) is 6.18. The third-order valence-corrected chi connectivity index (χ3v) is 1.30. The lowest BCUT2D eigenvalue weighted by atomic mass is 10.4. The van der Waals surface area contributed by atoms with Crippen molar-refractivity contribution in [3.8, 4) is 0 Å². The predicted molar refractivity (Wildman–Crippen MR) is 41.3 cm³/mol. The number of amidine groups is 1. The van der Waals surface area contributed by atoms with E-state index in [0.29, 0.717) is 5.84 Å². The third-order valence-electron chi connectivity index (χ3n) is 1.30. The van der Waals surface area contributed by atoms with Gasteiger partial charge in [0.2, 0.25) is 0 Å². The molecule has 0 spiro atoms. The number of nitrogens with one attached hydrogen (secondary N) is 2. The number of nitrogens with zero attached hydrogens (tertiary/aromatic N) is 1. The van der Waals surface area contributed by atoms with Crippen LogP contribution < -0.4 is 0 Å². The Bertz CT molecular complexity index is 211. The predicted octanol–water partition coefficient (Wildman–Crippen LogP) is 0.902. The second-order valence-electron chi connectivity index (χ2n) is 2.33. The van der Waals surface area contributed by atoms with Crippen molar-refractivity contribution < 1.29 is 0 Å². The molecule has 1 aromatic rings. The number of rotatable bonds is 1. The molecule has 10 heavy (non-hydrogen) atoms. The van der Waals surface area contributed by atoms with Gasteiger partial charge in [-0.2, -0.15) is 0 Å². The first-order chi connectivity index (χ1) is 4.72. The summed E-state index contributed by atoms with van der Waals surface area (Å²) in [5.74, 6) is 0.505. The van der Waals surface area contributed by atoms with Gasteiger partial charge in [0.1, 0.15) is 5.84 Å². The van der Waals surface area contributed by atoms with Gasteiger partial charge in [-0.15, -0.1) is 0 Å². The third kappa shape index (κ3) is 1.18. The van der Waals surface area contributed by atoms with Gasteiger partial charge in [-0.3, -0.25) is 5.41 Å². The molecule has 2 N–H and O–H groups in total. The molecule has 0 fully saturated rings. The van der Waals surface area contributed by atoms with E-state index in [-0.39, 0.29) is 0 Å². The van der Waals surface area contributed by atoms with E-state index in [9.17, 15) is 0 Å². The van der Waals surface area contributed by atoms with Gasteiger partial charge in [0.05, 0.1) is 5.69 Å². The maximum absolute atomic E-state index is 7.50. The van der Waals surface area contributed by atoms with Gasteiger partial charge < -0.3 is 9.88 Å². The summed E-state index contributed by atoms with van der Waals surface area (Å²) in [5, 5.41) is 7.50. The van der Waals surface area contributed by atoms with E-state index in [0.717, 1.165) is 5.69 Å². The Hall–Kier alpha value is -1.25. The smallest absolute Gasteiger partial charge is 0.144 e. The summed E-state index contributed by atoms with van der Waals surface area (Å²) in [6, 6.07) is 3.76. The summed E-state index contributed by atoms with van der Waals surface area (Å²) in [6.45, 7) is 0. The summed E-state index contributed by atoms with van der Waals surface area (Å²) in [5.41, 5.74) is 0.852. The highest BCUT2D eigenvalue weighted by molar-refractivity contribution is 5.94. The van der Waals surface area contributed by atoms with Gasteiger partial charge in [-0.05, 0) is 12.1 Å². The van der Waals surface area contributed by atoms with Gasteiger partial charge in [-0.25, -0.2) is 0 Å². The van der Waals surface area contributed by atoms with Crippen LogP contribution in [0.2, 0.25) is 0 Å². The molecule has 0 saturated heterocycles. The fraction of sp³-hybridized carbons (Fsp3) is 0.286. The molecule has 1 rings (SSSR count). The average molecular weight is 137 g/mol. The highest BCUT2D eigenvalue weighted by atomic mass is 15.1. The Labute approximate surface area is 60.2 Å². The van der Waals surface area contributed by atoms with E-state index >= 15 is 0 Å². The number of H-pyrrole nitrogens is 1. The highest BCUT2D eigenvalue weighted by Gasteiger charge is 2.01. The molecule has 0 aliphatic heterocycles. The maximum atomic E-state index is 7.50. The van der Waals surface area contributed by atoms with Crippen LogP contribution >= 0.6 is 0 Å². The maximum Gasteiger partial charge on any atom is 0.144 e. The molecule has 3 heteroatoms. The Balaban J connectivity index is 2.78. The fourth-order valence-corrected chi connectivity index (χ4v) is 0.719. The molecule has 0 unspecified atom stereocenters. The largest absolute Gasteiger partial charge is 0.361 e. The molecular formula is C7H11N3. The Morgan fingerprint density at radius 1 is 1.60 bits per heavy atom. The van der Waals surface area contributed by atoms with Gasteiger partial charge >= 0.3 is 0 Å². The average Bonchev–Trinajstić information content (AvgIpc) is 2.36. The molecule has 54 valence electrons. The number of aromatic amines is 1. The van der Waals surface area contributed by atoms with E-state index in [4.69, 9.17) is 5.41 Å². The van der Waals surface area contributed by atoms with E-state index in [1.165, 1.54) is 0 Å². The Morgan fingerprint density at radius 3 is 2.70 bits per heavy atom. The normalized spacial score (nSPS) is 9.40. The molecule has 0 atom stereocenters. The summed E-state index contributed by atoms with van der Waals surface area (Å²) in [7, 11) is 3.70. The molecular weight excluding hydrogens is 126 g/mol. The number of hydrogen-bond acceptors (Lipinski definition) is 1. The van der Waals surface area contributed by atoms with Crippen LogP contribution in [0.5, 0.6) is 0 Å². The van der Waals surface area contributed by atoms with Gasteiger partial charge in [0.25, 0.3) is 0 Å². The fourth-order valence-electron chi connectivity index (χ4n) is 0.719. The van der Waals surface area contributed by atoms with Gasteiger partial charge in [0.15, 0.2) is 0 Å². The number of aromatic nitrogens is 1. The molecule has 0 radical (unpaired) electrons. The van der Waals surface area contributed by atoms with Crippen molar-refractivity contribution in [2.75, 3.05) is 14.1 Å². The quantitative estimate of drug-likeness (QED) is 0.438. The molecule has 0 aromatic carbocycles. The monoisotopic (exact) mass is 137 g/mol. The lowest BCUT2D eigenvalue weighted by molar-refractivity contribution is 0.617. The summed E-state index contributed by atoms with van der Waals surface area (Å²) in [4.78, 5) is 4.71. The van der Waals surface area contributed by atoms with Crippen molar-refractivity contribution in [3.05, 3.63) is 24.0 Å². The zero-order chi connectivity index (χ0) is 7.56. The van der Waals surface area contributed by atoms with Crippen LogP contribution in [0, 0.1) is 5.41 Å². The minimum atomic E-state index is 0.505. The van der Waals surface area contributed by atoms with E-state index in [2.05, 4.69) is 4.98 Å². The zero-order valence-corrected chi connectivity index (χ0v) is 6.18. The Morgan fingerprint density at radius 2 is 2.30 bits per heavy atom. The van der Waals surface area contributed by atoms with Crippen LogP contribution in [0.4, 0.5) is 0 Å². The van der Waals surface area contributed by atoms with E-state index in [1.807, 2.05) is 32.4 Å². The first-order valence-corrected chi connectivity index (χ1v) is 3.11. The van der Waals surface area contributed by atoms with Crippen molar-refractivity contribution >= 4 is 5.84 Å². The lowest BCUT2D eigenvalue weighted by Gasteiger charge is -2.10. The van der Waals surface area contributed by atoms with Crippen LogP contribution in [-0.2, 0) is 0 Å². The summed E-state index contributed by atoms with van der Waals surface area (Å²) in [6.07, 6.45) is 1.81. The van der Waals surface area contributed by atoms with E-state index in [1.54, 1.807) is 4.90 Å². The Kier molecular flexibility index (Phi) is 1.76. The minimum Gasteiger partial charge on any atom is -0.361 e. The first-order valence-electron chi connectivity index (χ1n) is 3.11. The van der Waals surface area contributed by atoms with Crippen LogP contribution in [0.15, 0.2) is 18.3 Å². The molecule has 0 bridgehead atoms. The van der Waals surface area contributed by atoms with Crippen molar-refractivity contribution in [1.82, 2.24) is 9.88 Å². The van der Waals surface area contributed by atoms with Gasteiger partial charge in [0, 0.05) is 20.3 Å². The molecule has 1 aromatic heterocycles. The number of hydrogen-bond donors (Lipinski definition) is 2. The summed E-state index contributed by atoms with van der Waals surface area (Å²) < 4.78 is 0. The molecule has 0 amide bonds. The van der Waals surface area contributed by atoms with Crippen LogP contribution in [0.1, 0.15) is 5.69 Å². The second kappa shape index (κ2) is 2.56. The minimum absolute atomic E-state index is 0.505. The lowest BCUT2D eigenvalue weighted by Crippen LogP contribution is -2.21. The molecule has 0 aliphatic rings. The molecule has 0 aliphatic carbocycles. The topological polar surface area (TPSA) is 42.9 Å². The van der Waals surface area contributed by atoms with Gasteiger partial charge in [-0.1, -0.05) is 0 Å². The molecule has 0 saturated carbocycles. The van der Waals surface area contributed by atoms with Crippen molar-refractivity contribution in [2.24, 2.45) is 0 Å². The van der Waals surface area contributed by atoms with Crippen LogP contribution in [0.3, 0.4) is 0 Å². The molecule has 1 heterocycles.